The largest absolute Gasteiger partial charge is 0.416 e. The fourth-order valence-corrected chi connectivity index (χ4v) is 6.61. The van der Waals surface area contributed by atoms with Crippen LogP contribution in [0.25, 0.3) is 0 Å². The molecule has 6 rings (SSSR count). The summed E-state index contributed by atoms with van der Waals surface area (Å²) in [5, 5.41) is 11.3. The number of aliphatic hydroxyl groups excluding tert-OH is 1. The zero-order valence-corrected chi connectivity index (χ0v) is 19.1. The molecule has 2 fully saturated rings. The first kappa shape index (κ1) is 21.6. The lowest BCUT2D eigenvalue weighted by Gasteiger charge is -2.34. The van der Waals surface area contributed by atoms with Gasteiger partial charge in [0.1, 0.15) is 6.10 Å². The molecule has 1 aromatic heterocycles. The number of benzene rings is 1. The van der Waals surface area contributed by atoms with Gasteiger partial charge in [-0.05, 0) is 73.1 Å². The van der Waals surface area contributed by atoms with E-state index >= 15 is 0 Å². The maximum absolute atomic E-state index is 13.2. The summed E-state index contributed by atoms with van der Waals surface area (Å²) in [4.78, 5) is 5.14. The van der Waals surface area contributed by atoms with Crippen LogP contribution in [0, 0.1) is 5.41 Å². The number of hydrogen-bond acceptors (Lipinski definition) is 3. The minimum atomic E-state index is -4.37. The third kappa shape index (κ3) is 3.28. The second kappa shape index (κ2) is 7.05. The number of halogens is 3. The Bertz CT molecular complexity index is 1100. The Kier molecular flexibility index (Phi) is 4.61. The minimum Gasteiger partial charge on any atom is -0.388 e. The molecule has 2 saturated carbocycles. The molecule has 2 unspecified atom stereocenters. The first-order chi connectivity index (χ1) is 15.6. The van der Waals surface area contributed by atoms with Crippen molar-refractivity contribution in [2.45, 2.75) is 95.1 Å². The lowest BCUT2D eigenvalue weighted by atomic mass is 9.74. The van der Waals surface area contributed by atoms with E-state index in [9.17, 15) is 18.3 Å². The summed E-state index contributed by atoms with van der Waals surface area (Å²) in [5.41, 5.74) is 4.87. The Hall–Kier alpha value is -1.92. The highest BCUT2D eigenvalue weighted by molar-refractivity contribution is 5.55. The molecule has 2 heterocycles. The molecule has 1 N–H and O–H groups in total. The van der Waals surface area contributed by atoms with Gasteiger partial charge >= 0.3 is 6.18 Å². The first-order valence-electron chi connectivity index (χ1n) is 12.2. The smallest absolute Gasteiger partial charge is 0.388 e. The van der Waals surface area contributed by atoms with Gasteiger partial charge in [0.05, 0.1) is 17.3 Å². The van der Waals surface area contributed by atoms with Crippen molar-refractivity contribution in [2.24, 2.45) is 5.41 Å². The van der Waals surface area contributed by atoms with Crippen LogP contribution >= 0.6 is 0 Å². The molecule has 0 bridgehead atoms. The Morgan fingerprint density at radius 1 is 1.03 bits per heavy atom. The molecule has 1 aromatic carbocycles. The molecule has 33 heavy (non-hydrogen) atoms. The highest BCUT2D eigenvalue weighted by atomic mass is 19.4. The highest BCUT2D eigenvalue weighted by Crippen LogP contribution is 2.63. The summed E-state index contributed by atoms with van der Waals surface area (Å²) in [5.74, 6) is 0.148. The van der Waals surface area contributed by atoms with Crippen LogP contribution in [0.15, 0.2) is 24.3 Å². The van der Waals surface area contributed by atoms with E-state index in [4.69, 9.17) is 9.72 Å². The number of nitrogens with zero attached hydrogens (tertiary/aromatic N) is 1. The van der Waals surface area contributed by atoms with Crippen LogP contribution in [0.1, 0.15) is 116 Å². The average Bonchev–Trinajstić information content (AvgIpc) is 3.19. The van der Waals surface area contributed by atoms with Crippen LogP contribution in [0.4, 0.5) is 13.2 Å². The summed E-state index contributed by atoms with van der Waals surface area (Å²) < 4.78 is 46.4. The van der Waals surface area contributed by atoms with Gasteiger partial charge in [-0.25, -0.2) is 0 Å². The standard InChI is InChI=1S/C27H30F3NO2/c1-15(2)23-21-22(20-18(31-23)13-25(11-12-25)14-19(20)32)26(9-3-4-10-26)33-24(21)16-5-7-17(8-6-16)27(28,29)30/h5-8,15,19,24,32H,3-4,9-14H2,1-2H3. The molecule has 0 amide bonds. The van der Waals surface area contributed by atoms with Gasteiger partial charge < -0.3 is 9.84 Å². The average molecular weight is 458 g/mol. The number of pyridine rings is 1. The van der Waals surface area contributed by atoms with Crippen LogP contribution in [0.3, 0.4) is 0 Å². The summed E-state index contributed by atoms with van der Waals surface area (Å²) in [6.45, 7) is 4.23. The maximum Gasteiger partial charge on any atom is 0.416 e. The van der Waals surface area contributed by atoms with E-state index in [-0.39, 0.29) is 11.3 Å². The number of aliphatic hydroxyl groups is 1. The lowest BCUT2D eigenvalue weighted by Crippen LogP contribution is -2.29. The van der Waals surface area contributed by atoms with Gasteiger partial charge in [0, 0.05) is 22.5 Å². The van der Waals surface area contributed by atoms with Crippen molar-refractivity contribution in [2.75, 3.05) is 0 Å². The molecule has 1 aliphatic heterocycles. The Balaban J connectivity index is 1.55. The predicted octanol–water partition coefficient (Wildman–Crippen LogP) is 6.87. The zero-order valence-electron chi connectivity index (χ0n) is 19.1. The number of fused-ring (bicyclic) bond motifs is 4. The fourth-order valence-electron chi connectivity index (χ4n) is 6.61. The molecule has 2 atom stereocenters. The molecule has 3 aliphatic carbocycles. The second-order valence-corrected chi connectivity index (χ2v) is 11.0. The van der Waals surface area contributed by atoms with Crippen LogP contribution < -0.4 is 0 Å². The molecule has 0 radical (unpaired) electrons. The predicted molar refractivity (Wildman–Crippen MR) is 118 cm³/mol. The third-order valence-electron chi connectivity index (χ3n) is 8.40. The molecule has 2 aromatic rings. The first-order valence-corrected chi connectivity index (χ1v) is 12.2. The van der Waals surface area contributed by atoms with Crippen molar-refractivity contribution < 1.29 is 23.0 Å². The lowest BCUT2D eigenvalue weighted by molar-refractivity contribution is -0.137. The molecular weight excluding hydrogens is 427 g/mol. The molecule has 3 nitrogen and oxygen atoms in total. The minimum absolute atomic E-state index is 0.148. The number of ether oxygens (including phenoxy) is 1. The molecular formula is C27H30F3NO2. The van der Waals surface area contributed by atoms with Crippen LogP contribution in [-0.2, 0) is 22.9 Å². The van der Waals surface area contributed by atoms with Crippen molar-refractivity contribution in [3.05, 3.63) is 63.5 Å². The number of aromatic nitrogens is 1. The van der Waals surface area contributed by atoms with Crippen molar-refractivity contribution in [1.29, 1.82) is 0 Å². The van der Waals surface area contributed by atoms with E-state index in [1.54, 1.807) is 12.1 Å². The van der Waals surface area contributed by atoms with Gasteiger partial charge in [-0.1, -0.05) is 38.8 Å². The summed E-state index contributed by atoms with van der Waals surface area (Å²) in [6.07, 6.45) is 2.46. The van der Waals surface area contributed by atoms with E-state index in [1.165, 1.54) is 0 Å². The van der Waals surface area contributed by atoms with Crippen LogP contribution in [-0.4, -0.2) is 10.1 Å². The maximum atomic E-state index is 13.2. The fraction of sp³-hybridized carbons (Fsp3) is 0.593. The summed E-state index contributed by atoms with van der Waals surface area (Å²) in [6, 6.07) is 5.38. The van der Waals surface area contributed by atoms with E-state index < -0.39 is 29.5 Å². The molecule has 4 aliphatic rings. The quantitative estimate of drug-likeness (QED) is 0.535. The molecule has 176 valence electrons. The topological polar surface area (TPSA) is 42.4 Å². The van der Waals surface area contributed by atoms with Crippen molar-refractivity contribution in [3.63, 3.8) is 0 Å². The molecule has 0 saturated heterocycles. The van der Waals surface area contributed by atoms with Gasteiger partial charge in [0.25, 0.3) is 0 Å². The van der Waals surface area contributed by atoms with Gasteiger partial charge in [-0.2, -0.15) is 13.2 Å². The molecule has 2 spiro atoms. The normalized spacial score (nSPS) is 26.8. The van der Waals surface area contributed by atoms with Gasteiger partial charge in [0.2, 0.25) is 0 Å². The van der Waals surface area contributed by atoms with E-state index in [0.29, 0.717) is 0 Å². The van der Waals surface area contributed by atoms with Crippen molar-refractivity contribution >= 4 is 0 Å². The van der Waals surface area contributed by atoms with E-state index in [2.05, 4.69) is 13.8 Å². The summed E-state index contributed by atoms with van der Waals surface area (Å²) >= 11 is 0. The highest BCUT2D eigenvalue weighted by Gasteiger charge is 2.55. The zero-order chi connectivity index (χ0) is 23.2. The monoisotopic (exact) mass is 457 g/mol. The molecule has 6 heteroatoms. The van der Waals surface area contributed by atoms with Gasteiger partial charge in [-0.15, -0.1) is 0 Å². The van der Waals surface area contributed by atoms with E-state index in [1.807, 2.05) is 0 Å². The Labute approximate surface area is 192 Å². The Morgan fingerprint density at radius 2 is 1.70 bits per heavy atom. The van der Waals surface area contributed by atoms with Crippen LogP contribution in [0.2, 0.25) is 0 Å². The number of hydrogen-bond donors (Lipinski definition) is 1. The third-order valence-corrected chi connectivity index (χ3v) is 8.40. The van der Waals surface area contributed by atoms with Crippen molar-refractivity contribution in [1.82, 2.24) is 4.98 Å². The second-order valence-electron chi connectivity index (χ2n) is 11.0. The summed E-state index contributed by atoms with van der Waals surface area (Å²) in [7, 11) is 0. The number of rotatable bonds is 2. The van der Waals surface area contributed by atoms with Crippen LogP contribution in [0.5, 0.6) is 0 Å². The number of alkyl halides is 3. The van der Waals surface area contributed by atoms with E-state index in [0.717, 1.165) is 97.1 Å². The Morgan fingerprint density at radius 3 is 2.27 bits per heavy atom. The van der Waals surface area contributed by atoms with Gasteiger partial charge in [0.15, 0.2) is 0 Å². The van der Waals surface area contributed by atoms with Crippen molar-refractivity contribution in [3.8, 4) is 0 Å². The van der Waals surface area contributed by atoms with Gasteiger partial charge in [-0.3, -0.25) is 4.98 Å². The SMILES string of the molecule is CC(C)c1nc2c(c3c1C(c1ccc(C(F)(F)F)cc1)OC31CCCC1)C(O)CC1(CC1)C2.